The highest BCUT2D eigenvalue weighted by molar-refractivity contribution is 5.40. The average Bonchev–Trinajstić information content (AvgIpc) is 2.27. The summed E-state index contributed by atoms with van der Waals surface area (Å²) >= 11 is 0. The van der Waals surface area contributed by atoms with E-state index in [9.17, 15) is 0 Å². The Bertz CT molecular complexity index is 313. The van der Waals surface area contributed by atoms with Gasteiger partial charge in [-0.2, -0.15) is 0 Å². The number of nitrogens with two attached hydrogens (primary N) is 1. The van der Waals surface area contributed by atoms with Crippen LogP contribution in [0.25, 0.3) is 0 Å². The Balaban J connectivity index is 2.01. The summed E-state index contributed by atoms with van der Waals surface area (Å²) < 4.78 is 5.47. The molecule has 0 saturated heterocycles. The van der Waals surface area contributed by atoms with Crippen LogP contribution in [0.15, 0.2) is 24.3 Å². The van der Waals surface area contributed by atoms with Crippen molar-refractivity contribution in [1.82, 2.24) is 5.32 Å². The van der Waals surface area contributed by atoms with Gasteiger partial charge in [-0.1, -0.05) is 12.1 Å². The summed E-state index contributed by atoms with van der Waals surface area (Å²) in [6, 6.07) is 8.06. The summed E-state index contributed by atoms with van der Waals surface area (Å²) in [5.41, 5.74) is 7.85. The van der Waals surface area contributed by atoms with E-state index in [-0.39, 0.29) is 0 Å². The van der Waals surface area contributed by atoms with Gasteiger partial charge < -0.3 is 15.8 Å². The van der Waals surface area contributed by atoms with E-state index in [1.165, 1.54) is 5.56 Å². The van der Waals surface area contributed by atoms with Gasteiger partial charge >= 0.3 is 0 Å². The normalized spacial score (nSPS) is 11.0. The van der Waals surface area contributed by atoms with Gasteiger partial charge in [0.2, 0.25) is 0 Å². The first-order valence-electron chi connectivity index (χ1n) is 6.35. The van der Waals surface area contributed by atoms with Crippen LogP contribution < -0.4 is 11.1 Å². The maximum atomic E-state index is 5.72. The van der Waals surface area contributed by atoms with Crippen LogP contribution in [0.4, 0.5) is 5.69 Å². The molecule has 0 aromatic heterocycles. The fourth-order valence-electron chi connectivity index (χ4n) is 1.62. The predicted octanol–water partition coefficient (Wildman–Crippen LogP) is 2.22. The van der Waals surface area contributed by atoms with Crippen LogP contribution >= 0.6 is 0 Å². The molecule has 0 bridgehead atoms. The van der Waals surface area contributed by atoms with Gasteiger partial charge in [-0.25, -0.2) is 0 Å². The summed E-state index contributed by atoms with van der Waals surface area (Å²) in [5, 5.41) is 3.41. The quantitative estimate of drug-likeness (QED) is 0.537. The highest BCUT2D eigenvalue weighted by atomic mass is 16.5. The van der Waals surface area contributed by atoms with Crippen LogP contribution in [-0.2, 0) is 11.2 Å². The van der Waals surface area contributed by atoms with E-state index in [2.05, 4.69) is 25.2 Å². The van der Waals surface area contributed by atoms with Crippen molar-refractivity contribution in [2.75, 3.05) is 25.4 Å². The van der Waals surface area contributed by atoms with Gasteiger partial charge in [0.05, 0.1) is 6.10 Å². The molecule has 0 atom stereocenters. The maximum absolute atomic E-state index is 5.72. The third kappa shape index (κ3) is 6.97. The number of anilines is 1. The molecule has 0 heterocycles. The topological polar surface area (TPSA) is 47.3 Å². The van der Waals surface area contributed by atoms with Gasteiger partial charge in [-0.15, -0.1) is 0 Å². The Morgan fingerprint density at radius 1 is 1.29 bits per heavy atom. The Kier molecular flexibility index (Phi) is 6.67. The molecule has 1 aromatic carbocycles. The first kappa shape index (κ1) is 14.0. The minimum atomic E-state index is 0.335. The second-order valence-corrected chi connectivity index (χ2v) is 4.52. The van der Waals surface area contributed by atoms with Crippen LogP contribution in [0.5, 0.6) is 0 Å². The van der Waals surface area contributed by atoms with E-state index >= 15 is 0 Å². The lowest BCUT2D eigenvalue weighted by molar-refractivity contribution is 0.0771. The maximum Gasteiger partial charge on any atom is 0.0518 e. The van der Waals surface area contributed by atoms with Crippen LogP contribution in [0, 0.1) is 0 Å². The first-order valence-corrected chi connectivity index (χ1v) is 6.35. The number of nitrogens with one attached hydrogen (secondary N) is 1. The number of ether oxygens (including phenoxy) is 1. The molecule has 0 amide bonds. The van der Waals surface area contributed by atoms with Gasteiger partial charge in [0.25, 0.3) is 0 Å². The van der Waals surface area contributed by atoms with Crippen LogP contribution in [0.1, 0.15) is 25.8 Å². The molecule has 0 aliphatic rings. The third-order valence-corrected chi connectivity index (χ3v) is 2.49. The molecule has 96 valence electrons. The van der Waals surface area contributed by atoms with Crippen LogP contribution in [0.2, 0.25) is 0 Å². The monoisotopic (exact) mass is 236 g/mol. The smallest absolute Gasteiger partial charge is 0.0518 e. The Morgan fingerprint density at radius 3 is 2.82 bits per heavy atom. The summed E-state index contributed by atoms with van der Waals surface area (Å²) in [7, 11) is 0. The number of hydrogen-bond donors (Lipinski definition) is 2. The van der Waals surface area contributed by atoms with E-state index in [0.29, 0.717) is 6.10 Å². The predicted molar refractivity (Wildman–Crippen MR) is 73.1 cm³/mol. The number of rotatable bonds is 8. The standard InChI is InChI=1S/C14H24N2O/c1-12(2)17-10-4-8-16-9-7-13-5-3-6-14(15)11-13/h3,5-6,11-12,16H,4,7-10,15H2,1-2H3. The first-order chi connectivity index (χ1) is 8.18. The summed E-state index contributed by atoms with van der Waals surface area (Å²) in [6.07, 6.45) is 2.42. The van der Waals surface area contributed by atoms with Crippen molar-refractivity contribution in [3.05, 3.63) is 29.8 Å². The molecule has 0 radical (unpaired) electrons. The third-order valence-electron chi connectivity index (χ3n) is 2.49. The molecule has 1 aromatic rings. The molecule has 0 spiro atoms. The molecule has 3 N–H and O–H groups in total. The van der Waals surface area contributed by atoms with Crippen molar-refractivity contribution in [3.63, 3.8) is 0 Å². The lowest BCUT2D eigenvalue weighted by Gasteiger charge is -2.08. The zero-order chi connectivity index (χ0) is 12.5. The molecule has 0 fully saturated rings. The Labute approximate surface area is 104 Å². The minimum Gasteiger partial charge on any atom is -0.399 e. The van der Waals surface area contributed by atoms with Crippen LogP contribution in [-0.4, -0.2) is 25.8 Å². The van der Waals surface area contributed by atoms with Crippen molar-refractivity contribution in [3.8, 4) is 0 Å². The van der Waals surface area contributed by atoms with Gasteiger partial charge in [-0.3, -0.25) is 0 Å². The van der Waals surface area contributed by atoms with E-state index in [4.69, 9.17) is 10.5 Å². The number of benzene rings is 1. The Morgan fingerprint density at radius 2 is 2.12 bits per heavy atom. The zero-order valence-corrected chi connectivity index (χ0v) is 10.9. The summed E-state index contributed by atoms with van der Waals surface area (Å²) in [5.74, 6) is 0. The van der Waals surface area contributed by atoms with Gasteiger partial charge in [0, 0.05) is 12.3 Å². The average molecular weight is 236 g/mol. The van der Waals surface area contributed by atoms with Crippen molar-refractivity contribution < 1.29 is 4.74 Å². The molecular weight excluding hydrogens is 212 g/mol. The second-order valence-electron chi connectivity index (χ2n) is 4.52. The molecule has 17 heavy (non-hydrogen) atoms. The molecule has 3 heteroatoms. The molecule has 1 rings (SSSR count). The lowest BCUT2D eigenvalue weighted by Crippen LogP contribution is -2.20. The van der Waals surface area contributed by atoms with E-state index in [0.717, 1.165) is 38.2 Å². The minimum absolute atomic E-state index is 0.335. The second kappa shape index (κ2) is 8.09. The van der Waals surface area contributed by atoms with Gasteiger partial charge in [0.1, 0.15) is 0 Å². The van der Waals surface area contributed by atoms with E-state index < -0.39 is 0 Å². The molecule has 3 nitrogen and oxygen atoms in total. The summed E-state index contributed by atoms with van der Waals surface area (Å²) in [4.78, 5) is 0. The van der Waals surface area contributed by atoms with Crippen molar-refractivity contribution in [2.24, 2.45) is 0 Å². The van der Waals surface area contributed by atoms with Gasteiger partial charge in [-0.05, 0) is 57.5 Å². The molecule has 0 aliphatic carbocycles. The molecular formula is C14H24N2O. The summed E-state index contributed by atoms with van der Waals surface area (Å²) in [6.45, 7) is 6.96. The fourth-order valence-corrected chi connectivity index (χ4v) is 1.62. The molecule has 0 unspecified atom stereocenters. The SMILES string of the molecule is CC(C)OCCCNCCc1cccc(N)c1. The van der Waals surface area contributed by atoms with E-state index in [1.807, 2.05) is 18.2 Å². The molecule has 0 saturated carbocycles. The van der Waals surface area contributed by atoms with Crippen molar-refractivity contribution >= 4 is 5.69 Å². The lowest BCUT2D eigenvalue weighted by atomic mass is 10.1. The fraction of sp³-hybridized carbons (Fsp3) is 0.571. The molecule has 0 aliphatic heterocycles. The largest absolute Gasteiger partial charge is 0.399 e. The van der Waals surface area contributed by atoms with Crippen LogP contribution in [0.3, 0.4) is 0 Å². The van der Waals surface area contributed by atoms with Gasteiger partial charge in [0.15, 0.2) is 0 Å². The highest BCUT2D eigenvalue weighted by Gasteiger charge is 1.95. The van der Waals surface area contributed by atoms with Crippen molar-refractivity contribution in [1.29, 1.82) is 0 Å². The Hall–Kier alpha value is -1.06. The van der Waals surface area contributed by atoms with E-state index in [1.54, 1.807) is 0 Å². The van der Waals surface area contributed by atoms with Crippen molar-refractivity contribution in [2.45, 2.75) is 32.8 Å². The highest BCUT2D eigenvalue weighted by Crippen LogP contribution is 2.06. The number of hydrogen-bond acceptors (Lipinski definition) is 3. The zero-order valence-electron chi connectivity index (χ0n) is 10.9. The number of nitrogen functional groups attached to an aromatic ring is 1.